The molecule has 5 aromatic rings. The number of carbonyl (C=O) groups is 1. The first-order valence-electron chi connectivity index (χ1n) is 20.7. The molecule has 2 atom stereocenters. The third-order valence-corrected chi connectivity index (χ3v) is 15.5. The molecule has 0 spiro atoms. The zero-order chi connectivity index (χ0) is 46.1. The third kappa shape index (κ3) is 12.2. The van der Waals surface area contributed by atoms with E-state index in [0.29, 0.717) is 68.8 Å². The Bertz CT molecular complexity index is 2560. The average molecular weight is 960 g/mol. The lowest BCUT2D eigenvalue weighted by atomic mass is 9.84. The molecule has 1 heterocycles. The summed E-state index contributed by atoms with van der Waals surface area (Å²) in [5.74, 6) is -0.786. The van der Waals surface area contributed by atoms with Crippen molar-refractivity contribution in [2.45, 2.75) is 58.5 Å². The highest BCUT2D eigenvalue weighted by Crippen LogP contribution is 2.39. The second kappa shape index (κ2) is 21.6. The van der Waals surface area contributed by atoms with Gasteiger partial charge in [0.15, 0.2) is 0 Å². The number of amides is 1. The van der Waals surface area contributed by atoms with E-state index in [9.17, 15) is 45.0 Å². The van der Waals surface area contributed by atoms with Gasteiger partial charge in [-0.2, -0.15) is 13.2 Å². The van der Waals surface area contributed by atoms with Gasteiger partial charge >= 0.3 is 5.51 Å². The van der Waals surface area contributed by atoms with Crippen molar-refractivity contribution in [2.24, 2.45) is 5.92 Å². The summed E-state index contributed by atoms with van der Waals surface area (Å²) in [4.78, 5) is 16.0. The number of carbonyl (C=O) groups excluding carboxylic acids is 1. The van der Waals surface area contributed by atoms with Crippen LogP contribution in [0.1, 0.15) is 48.2 Å². The number of nitrogens with zero attached hydrogens (tertiary/aromatic N) is 2. The molecule has 1 amide bonds. The molecule has 0 radical (unpaired) electrons. The molecule has 18 heteroatoms. The lowest BCUT2D eigenvalue weighted by Gasteiger charge is -2.36. The molecule has 4 N–H and O–H groups in total. The molecule has 11 nitrogen and oxygen atoms in total. The van der Waals surface area contributed by atoms with Crippen LogP contribution in [0.15, 0.2) is 136 Å². The standard InChI is InChI=1S/C46H50ClF3N4O7S3/c1-2-53(28-29-55)25-24-36(31-62-38-8-4-3-5-9-38)51-42-21-20-39(30-43(42)63(58,59)46(48,49)50)64(60,61)52-45(57)34-14-18-37(19-15-34)54-26-22-33(23-27-54)44(56)41-11-7-6-10-40(41)32-12-16-35(47)17-13-32/h3-21,30,33,36,44,51,55-56H,2,22-29,31H2,1H3,(H,52,57)/t36-,44?/m1/s1. The van der Waals surface area contributed by atoms with Crippen LogP contribution in [-0.2, 0) is 19.9 Å². The topological polar surface area (TPSA) is 156 Å². The smallest absolute Gasteiger partial charge is 0.395 e. The zero-order valence-electron chi connectivity index (χ0n) is 34.9. The first kappa shape index (κ1) is 48.8. The molecule has 5 aromatic carbocycles. The number of rotatable bonds is 19. The highest BCUT2D eigenvalue weighted by Gasteiger charge is 2.48. The van der Waals surface area contributed by atoms with Crippen molar-refractivity contribution in [3.63, 3.8) is 0 Å². The van der Waals surface area contributed by atoms with Crippen LogP contribution < -0.4 is 14.9 Å². The predicted octanol–water partition coefficient (Wildman–Crippen LogP) is 8.65. The van der Waals surface area contributed by atoms with Crippen LogP contribution in [0.3, 0.4) is 0 Å². The van der Waals surface area contributed by atoms with Gasteiger partial charge in [0, 0.05) is 59.1 Å². The second-order valence-corrected chi connectivity index (χ2v) is 20.5. The number of aliphatic hydroxyl groups excluding tert-OH is 2. The van der Waals surface area contributed by atoms with Crippen molar-refractivity contribution in [1.29, 1.82) is 0 Å². The average Bonchev–Trinajstić information content (AvgIpc) is 3.29. The molecule has 342 valence electrons. The van der Waals surface area contributed by atoms with E-state index in [0.717, 1.165) is 39.4 Å². The minimum Gasteiger partial charge on any atom is -0.395 e. The number of benzene rings is 5. The Kier molecular flexibility index (Phi) is 16.5. The Morgan fingerprint density at radius 3 is 2.19 bits per heavy atom. The van der Waals surface area contributed by atoms with Crippen LogP contribution in [0, 0.1) is 5.92 Å². The van der Waals surface area contributed by atoms with Gasteiger partial charge in [-0.05, 0) is 115 Å². The highest BCUT2D eigenvalue weighted by molar-refractivity contribution is 7.99. The van der Waals surface area contributed by atoms with E-state index in [4.69, 9.17) is 11.6 Å². The molecule has 0 aromatic heterocycles. The van der Waals surface area contributed by atoms with Crippen molar-refractivity contribution in [1.82, 2.24) is 9.62 Å². The fraction of sp³-hybridized carbons (Fsp3) is 0.326. The van der Waals surface area contributed by atoms with Crippen LogP contribution in [0.25, 0.3) is 11.1 Å². The Morgan fingerprint density at radius 1 is 0.891 bits per heavy atom. The Labute approximate surface area is 381 Å². The number of anilines is 2. The quantitative estimate of drug-likeness (QED) is 0.0588. The summed E-state index contributed by atoms with van der Waals surface area (Å²) in [6, 6.07) is 32.2. The normalized spacial score (nSPS) is 14.9. The molecular formula is C46H50ClF3N4O7S3. The molecule has 6 rings (SSSR count). The zero-order valence-corrected chi connectivity index (χ0v) is 38.1. The van der Waals surface area contributed by atoms with Gasteiger partial charge in [0.05, 0.1) is 23.3 Å². The lowest BCUT2D eigenvalue weighted by Crippen LogP contribution is -2.36. The van der Waals surface area contributed by atoms with E-state index < -0.39 is 58.9 Å². The Hall–Kier alpha value is -4.62. The van der Waals surface area contributed by atoms with Crippen molar-refractivity contribution in [3.05, 3.63) is 137 Å². The summed E-state index contributed by atoms with van der Waals surface area (Å²) in [6.07, 6.45) is 0.981. The molecule has 0 bridgehead atoms. The van der Waals surface area contributed by atoms with E-state index in [-0.39, 0.29) is 18.1 Å². The molecule has 0 saturated carbocycles. The van der Waals surface area contributed by atoms with Gasteiger partial charge < -0.3 is 25.3 Å². The van der Waals surface area contributed by atoms with Crippen LogP contribution in [-0.4, -0.2) is 94.5 Å². The number of halogens is 4. The molecule has 1 aliphatic heterocycles. The number of aliphatic hydroxyl groups is 2. The maximum Gasteiger partial charge on any atom is 0.501 e. The highest BCUT2D eigenvalue weighted by atomic mass is 35.5. The monoisotopic (exact) mass is 958 g/mol. The summed E-state index contributed by atoms with van der Waals surface area (Å²) in [5, 5.41) is 24.5. The maximum atomic E-state index is 14.1. The number of hydrogen-bond acceptors (Lipinski definition) is 11. The lowest BCUT2D eigenvalue weighted by molar-refractivity contribution is -0.0435. The van der Waals surface area contributed by atoms with Gasteiger partial charge in [-0.3, -0.25) is 4.79 Å². The summed E-state index contributed by atoms with van der Waals surface area (Å²) in [5.41, 5.74) is -2.83. The fourth-order valence-corrected chi connectivity index (χ4v) is 10.8. The molecule has 1 aliphatic rings. The van der Waals surface area contributed by atoms with Crippen LogP contribution >= 0.6 is 23.4 Å². The van der Waals surface area contributed by atoms with E-state index in [1.165, 1.54) is 23.9 Å². The summed E-state index contributed by atoms with van der Waals surface area (Å²) in [7, 11) is -11.0. The van der Waals surface area contributed by atoms with Gasteiger partial charge in [0.1, 0.15) is 4.90 Å². The Balaban J connectivity index is 1.14. The molecule has 0 aliphatic carbocycles. The Morgan fingerprint density at radius 2 is 1.55 bits per heavy atom. The van der Waals surface area contributed by atoms with Gasteiger partial charge in [-0.15, -0.1) is 11.8 Å². The van der Waals surface area contributed by atoms with Crippen LogP contribution in [0.4, 0.5) is 24.5 Å². The first-order valence-corrected chi connectivity index (χ1v) is 25.0. The number of likely N-dealkylation sites (N-methyl/N-ethyl adjacent to an activating group) is 1. The van der Waals surface area contributed by atoms with Crippen molar-refractivity contribution >= 4 is 60.5 Å². The minimum absolute atomic E-state index is 0.0225. The van der Waals surface area contributed by atoms with Gasteiger partial charge in [-0.1, -0.05) is 73.1 Å². The predicted molar refractivity (Wildman–Crippen MR) is 246 cm³/mol. The first-order chi connectivity index (χ1) is 30.5. The van der Waals surface area contributed by atoms with Crippen molar-refractivity contribution in [3.8, 4) is 11.1 Å². The summed E-state index contributed by atoms with van der Waals surface area (Å²) >= 11 is 7.49. The molecule has 1 fully saturated rings. The molecular weight excluding hydrogens is 909 g/mol. The van der Waals surface area contributed by atoms with Crippen LogP contribution in [0.2, 0.25) is 5.02 Å². The number of alkyl halides is 3. The van der Waals surface area contributed by atoms with Crippen LogP contribution in [0.5, 0.6) is 0 Å². The van der Waals surface area contributed by atoms with E-state index >= 15 is 0 Å². The van der Waals surface area contributed by atoms with E-state index in [1.54, 1.807) is 12.1 Å². The van der Waals surface area contributed by atoms with E-state index in [1.807, 2.05) is 95.4 Å². The van der Waals surface area contributed by atoms with Crippen molar-refractivity contribution < 1.29 is 45.0 Å². The fourth-order valence-electron chi connectivity index (χ4n) is 7.61. The van der Waals surface area contributed by atoms with E-state index in [2.05, 4.69) is 10.2 Å². The minimum atomic E-state index is -6.09. The number of sulfonamides is 1. The number of thioether (sulfide) groups is 1. The van der Waals surface area contributed by atoms with Gasteiger partial charge in [0.2, 0.25) is 0 Å². The largest absolute Gasteiger partial charge is 0.501 e. The number of sulfone groups is 1. The second-order valence-electron chi connectivity index (χ2n) is 15.4. The number of nitrogens with one attached hydrogen (secondary N) is 2. The SMILES string of the molecule is CCN(CCO)CC[C@H](CSc1ccccc1)Nc1ccc(S(=O)(=O)NC(=O)c2ccc(N3CCC(C(O)c4ccccc4-c4ccc(Cl)cc4)CC3)cc2)cc1S(=O)(=O)C(F)(F)F. The summed E-state index contributed by atoms with van der Waals surface area (Å²) < 4.78 is 97.4. The van der Waals surface area contributed by atoms with Crippen molar-refractivity contribution in [2.75, 3.05) is 55.3 Å². The van der Waals surface area contributed by atoms with Gasteiger partial charge in [-0.25, -0.2) is 21.6 Å². The maximum absolute atomic E-state index is 14.1. The molecule has 1 saturated heterocycles. The third-order valence-electron chi connectivity index (χ3n) is 11.2. The molecule has 1 unspecified atom stereocenters. The summed E-state index contributed by atoms with van der Waals surface area (Å²) in [6.45, 7) is 4.37. The van der Waals surface area contributed by atoms with Gasteiger partial charge in [0.25, 0.3) is 25.8 Å². The number of piperidine rings is 1. The number of hydrogen-bond donors (Lipinski definition) is 4. The molecule has 64 heavy (non-hydrogen) atoms.